The van der Waals surface area contributed by atoms with Crippen LogP contribution < -0.4 is 11.1 Å². The average molecular weight is 252 g/mol. The Morgan fingerprint density at radius 2 is 2.06 bits per heavy atom. The van der Waals surface area contributed by atoms with Crippen molar-refractivity contribution >= 4 is 0 Å². The van der Waals surface area contributed by atoms with Crippen molar-refractivity contribution in [2.24, 2.45) is 5.73 Å². The highest BCUT2D eigenvalue weighted by Crippen LogP contribution is 2.31. The van der Waals surface area contributed by atoms with E-state index in [0.717, 1.165) is 18.7 Å². The molecule has 2 rings (SSSR count). The minimum atomic E-state index is -0.809. The zero-order valence-electron chi connectivity index (χ0n) is 11.5. The number of piperidine rings is 1. The van der Waals surface area contributed by atoms with Gasteiger partial charge in [-0.1, -0.05) is 0 Å². The Kier molecular flexibility index (Phi) is 3.49. The molecule has 1 atom stereocenters. The van der Waals surface area contributed by atoms with Gasteiger partial charge in [-0.2, -0.15) is 5.10 Å². The van der Waals surface area contributed by atoms with Crippen LogP contribution in [0.4, 0.5) is 0 Å². The molecule has 5 heteroatoms. The molecule has 102 valence electrons. The number of hydrogen-bond donors (Lipinski definition) is 3. The average Bonchev–Trinajstić information content (AvgIpc) is 2.77. The molecule has 4 N–H and O–H groups in total. The fraction of sp³-hybridized carbons (Fsp3) is 0.769. The van der Waals surface area contributed by atoms with Crippen molar-refractivity contribution in [3.63, 3.8) is 0 Å². The van der Waals surface area contributed by atoms with Gasteiger partial charge in [0.25, 0.3) is 0 Å². The van der Waals surface area contributed by atoms with Crippen LogP contribution in [0.2, 0.25) is 0 Å². The lowest BCUT2D eigenvalue weighted by atomic mass is 9.83. The summed E-state index contributed by atoms with van der Waals surface area (Å²) in [6, 6.07) is -0.365. The fourth-order valence-electron chi connectivity index (χ4n) is 2.35. The predicted octanol–water partition coefficient (Wildman–Crippen LogP) is 0.752. The highest BCUT2D eigenvalue weighted by Gasteiger charge is 2.37. The van der Waals surface area contributed by atoms with Gasteiger partial charge in [0, 0.05) is 11.8 Å². The summed E-state index contributed by atoms with van der Waals surface area (Å²) in [5, 5.41) is 18.2. The van der Waals surface area contributed by atoms with E-state index in [0.29, 0.717) is 12.8 Å². The summed E-state index contributed by atoms with van der Waals surface area (Å²) in [5.74, 6) is 0. The molecule has 1 aromatic heterocycles. The standard InChI is InChI=1S/C13H24N4O/c1-12(2,3)17-9-10(8-16-17)11(14)13(18)4-6-15-7-5-13/h8-9,11,15,18H,4-7,14H2,1-3H3. The van der Waals surface area contributed by atoms with Crippen LogP contribution in [0.25, 0.3) is 0 Å². The molecule has 1 fully saturated rings. The molecule has 0 aromatic carbocycles. The molecule has 18 heavy (non-hydrogen) atoms. The van der Waals surface area contributed by atoms with Gasteiger partial charge in [0.15, 0.2) is 0 Å². The highest BCUT2D eigenvalue weighted by atomic mass is 16.3. The van der Waals surface area contributed by atoms with E-state index in [2.05, 4.69) is 31.2 Å². The smallest absolute Gasteiger partial charge is 0.0864 e. The Morgan fingerprint density at radius 3 is 2.56 bits per heavy atom. The molecule has 0 radical (unpaired) electrons. The van der Waals surface area contributed by atoms with E-state index in [1.54, 1.807) is 6.20 Å². The number of nitrogens with two attached hydrogens (primary N) is 1. The van der Waals surface area contributed by atoms with Crippen molar-refractivity contribution in [1.29, 1.82) is 0 Å². The third-order valence-electron chi connectivity index (χ3n) is 3.70. The summed E-state index contributed by atoms with van der Waals surface area (Å²) in [7, 11) is 0. The molecular weight excluding hydrogens is 228 g/mol. The lowest BCUT2D eigenvalue weighted by Gasteiger charge is -2.37. The maximum Gasteiger partial charge on any atom is 0.0864 e. The van der Waals surface area contributed by atoms with Crippen LogP contribution in [0.3, 0.4) is 0 Å². The lowest BCUT2D eigenvalue weighted by Crippen LogP contribution is -2.49. The summed E-state index contributed by atoms with van der Waals surface area (Å²) >= 11 is 0. The van der Waals surface area contributed by atoms with Gasteiger partial charge in [0.2, 0.25) is 0 Å². The Balaban J connectivity index is 2.18. The summed E-state index contributed by atoms with van der Waals surface area (Å²) in [5.41, 5.74) is 6.27. The maximum atomic E-state index is 10.6. The van der Waals surface area contributed by atoms with Gasteiger partial charge in [0.05, 0.1) is 23.4 Å². The van der Waals surface area contributed by atoms with Gasteiger partial charge < -0.3 is 16.2 Å². The van der Waals surface area contributed by atoms with E-state index in [1.807, 2.05) is 10.9 Å². The fourth-order valence-corrected chi connectivity index (χ4v) is 2.35. The van der Waals surface area contributed by atoms with Crippen molar-refractivity contribution in [2.75, 3.05) is 13.1 Å². The second-order valence-corrected chi connectivity index (χ2v) is 6.22. The zero-order valence-corrected chi connectivity index (χ0v) is 11.5. The zero-order chi connectivity index (χ0) is 13.4. The molecule has 2 heterocycles. The summed E-state index contributed by atoms with van der Waals surface area (Å²) in [6.45, 7) is 7.91. The monoisotopic (exact) mass is 252 g/mol. The normalized spacial score (nSPS) is 21.8. The minimum Gasteiger partial charge on any atom is -0.388 e. The van der Waals surface area contributed by atoms with Gasteiger partial charge in [-0.15, -0.1) is 0 Å². The quantitative estimate of drug-likeness (QED) is 0.726. The van der Waals surface area contributed by atoms with E-state index >= 15 is 0 Å². The number of nitrogens with zero attached hydrogens (tertiary/aromatic N) is 2. The number of aliphatic hydroxyl groups is 1. The topological polar surface area (TPSA) is 76.1 Å². The molecule has 0 aliphatic carbocycles. The number of nitrogens with one attached hydrogen (secondary N) is 1. The van der Waals surface area contributed by atoms with Crippen molar-refractivity contribution in [1.82, 2.24) is 15.1 Å². The molecule has 1 aromatic rings. The summed E-state index contributed by atoms with van der Waals surface area (Å²) < 4.78 is 1.90. The van der Waals surface area contributed by atoms with E-state index in [-0.39, 0.29) is 11.6 Å². The first-order valence-electron chi connectivity index (χ1n) is 6.57. The van der Waals surface area contributed by atoms with E-state index in [1.165, 1.54) is 0 Å². The maximum absolute atomic E-state index is 10.6. The number of rotatable bonds is 2. The van der Waals surface area contributed by atoms with E-state index < -0.39 is 5.60 Å². The third-order valence-corrected chi connectivity index (χ3v) is 3.70. The number of aromatic nitrogens is 2. The molecular formula is C13H24N4O. The van der Waals surface area contributed by atoms with Crippen molar-refractivity contribution in [2.45, 2.75) is 50.8 Å². The number of hydrogen-bond acceptors (Lipinski definition) is 4. The molecule has 0 spiro atoms. The largest absolute Gasteiger partial charge is 0.388 e. The Bertz CT molecular complexity index is 401. The molecule has 1 unspecified atom stereocenters. The van der Waals surface area contributed by atoms with Crippen LogP contribution in [0.15, 0.2) is 12.4 Å². The molecule has 5 nitrogen and oxygen atoms in total. The second kappa shape index (κ2) is 4.64. The van der Waals surface area contributed by atoms with E-state index in [9.17, 15) is 5.11 Å². The van der Waals surface area contributed by atoms with Crippen molar-refractivity contribution in [3.05, 3.63) is 18.0 Å². The van der Waals surface area contributed by atoms with Gasteiger partial charge in [-0.25, -0.2) is 0 Å². The van der Waals surface area contributed by atoms with Crippen LogP contribution in [-0.4, -0.2) is 33.6 Å². The van der Waals surface area contributed by atoms with Crippen LogP contribution in [0.1, 0.15) is 45.2 Å². The summed E-state index contributed by atoms with van der Waals surface area (Å²) in [4.78, 5) is 0. The third kappa shape index (κ3) is 2.58. The first kappa shape index (κ1) is 13.5. The van der Waals surface area contributed by atoms with Gasteiger partial charge >= 0.3 is 0 Å². The Morgan fingerprint density at radius 1 is 1.44 bits per heavy atom. The predicted molar refractivity (Wildman–Crippen MR) is 71.2 cm³/mol. The van der Waals surface area contributed by atoms with Gasteiger partial charge in [-0.3, -0.25) is 4.68 Å². The SMILES string of the molecule is CC(C)(C)n1cc(C(N)C2(O)CCNCC2)cn1. The molecule has 1 aliphatic heterocycles. The van der Waals surface area contributed by atoms with Crippen LogP contribution >= 0.6 is 0 Å². The molecule has 0 amide bonds. The summed E-state index contributed by atoms with van der Waals surface area (Å²) in [6.07, 6.45) is 5.10. The Hall–Kier alpha value is -0.910. The van der Waals surface area contributed by atoms with Crippen molar-refractivity contribution < 1.29 is 5.11 Å². The molecule has 1 aliphatic rings. The van der Waals surface area contributed by atoms with E-state index in [4.69, 9.17) is 5.73 Å². The van der Waals surface area contributed by atoms with Crippen LogP contribution in [0.5, 0.6) is 0 Å². The highest BCUT2D eigenvalue weighted by molar-refractivity contribution is 5.16. The van der Waals surface area contributed by atoms with Gasteiger partial charge in [-0.05, 0) is 46.7 Å². The lowest BCUT2D eigenvalue weighted by molar-refractivity contribution is -0.0143. The van der Waals surface area contributed by atoms with Gasteiger partial charge in [0.1, 0.15) is 0 Å². The van der Waals surface area contributed by atoms with Crippen LogP contribution in [0, 0.1) is 0 Å². The Labute approximate surface area is 108 Å². The first-order chi connectivity index (χ1) is 8.33. The second-order valence-electron chi connectivity index (χ2n) is 6.22. The van der Waals surface area contributed by atoms with Crippen LogP contribution in [-0.2, 0) is 5.54 Å². The minimum absolute atomic E-state index is 0.0608. The molecule has 0 bridgehead atoms. The van der Waals surface area contributed by atoms with Crippen molar-refractivity contribution in [3.8, 4) is 0 Å². The molecule has 0 saturated carbocycles. The molecule has 1 saturated heterocycles. The first-order valence-corrected chi connectivity index (χ1v) is 6.57.